The molecule has 1 saturated carbocycles. The molecule has 3 fully saturated rings. The maximum atomic E-state index is 12.9. The third-order valence-corrected chi connectivity index (χ3v) is 8.06. The molecule has 0 atom stereocenters. The van der Waals surface area contributed by atoms with Crippen molar-refractivity contribution < 1.29 is 13.2 Å². The second-order valence-corrected chi connectivity index (χ2v) is 9.81. The molecule has 0 bridgehead atoms. The second kappa shape index (κ2) is 7.87. The van der Waals surface area contributed by atoms with Crippen molar-refractivity contribution in [2.75, 3.05) is 26.2 Å². The fourth-order valence-corrected chi connectivity index (χ4v) is 6.06. The maximum Gasteiger partial charge on any atom is 0.243 e. The average Bonchev–Trinajstić information content (AvgIpc) is 3.36. The Kier molecular flexibility index (Phi) is 5.53. The lowest BCUT2D eigenvalue weighted by Crippen LogP contribution is -2.45. The van der Waals surface area contributed by atoms with E-state index in [0.29, 0.717) is 30.1 Å². The SMILES string of the molecule is O=S(=O)(c1ccc(OC2CCCC2)cc1)N1CCC(N2CCCC2)CC1. The normalized spacial score (nSPS) is 24.3. The van der Waals surface area contributed by atoms with E-state index >= 15 is 0 Å². The highest BCUT2D eigenvalue weighted by Crippen LogP contribution is 2.28. The molecule has 1 aliphatic carbocycles. The van der Waals surface area contributed by atoms with E-state index in [1.165, 1.54) is 38.8 Å². The molecule has 144 valence electrons. The molecule has 1 aromatic carbocycles. The van der Waals surface area contributed by atoms with Crippen molar-refractivity contribution >= 4 is 10.0 Å². The smallest absolute Gasteiger partial charge is 0.243 e. The highest BCUT2D eigenvalue weighted by Gasteiger charge is 2.32. The van der Waals surface area contributed by atoms with Gasteiger partial charge < -0.3 is 9.64 Å². The van der Waals surface area contributed by atoms with Gasteiger partial charge in [-0.25, -0.2) is 8.42 Å². The molecule has 2 heterocycles. The monoisotopic (exact) mass is 378 g/mol. The van der Waals surface area contributed by atoms with Gasteiger partial charge in [-0.2, -0.15) is 4.31 Å². The van der Waals surface area contributed by atoms with Gasteiger partial charge in [0.25, 0.3) is 0 Å². The molecular weight excluding hydrogens is 348 g/mol. The van der Waals surface area contributed by atoms with Crippen molar-refractivity contribution in [3.05, 3.63) is 24.3 Å². The maximum absolute atomic E-state index is 12.9. The zero-order chi connectivity index (χ0) is 18.0. The highest BCUT2D eigenvalue weighted by atomic mass is 32.2. The van der Waals surface area contributed by atoms with Crippen LogP contribution in [-0.4, -0.2) is 55.9 Å². The molecule has 26 heavy (non-hydrogen) atoms. The van der Waals surface area contributed by atoms with Gasteiger partial charge in [0.1, 0.15) is 5.75 Å². The average molecular weight is 379 g/mol. The molecule has 3 aliphatic rings. The Balaban J connectivity index is 1.37. The first-order chi connectivity index (χ1) is 12.6. The van der Waals surface area contributed by atoms with Crippen molar-refractivity contribution in [1.29, 1.82) is 0 Å². The Morgan fingerprint density at radius 3 is 2.04 bits per heavy atom. The molecule has 0 unspecified atom stereocenters. The summed E-state index contributed by atoms with van der Waals surface area (Å²) < 4.78 is 33.5. The molecule has 4 rings (SSSR count). The lowest BCUT2D eigenvalue weighted by molar-refractivity contribution is 0.168. The Morgan fingerprint density at radius 2 is 1.42 bits per heavy atom. The van der Waals surface area contributed by atoms with Gasteiger partial charge in [-0.1, -0.05) is 0 Å². The van der Waals surface area contributed by atoms with Crippen LogP contribution in [0.2, 0.25) is 0 Å². The van der Waals surface area contributed by atoms with Gasteiger partial charge in [0.15, 0.2) is 0 Å². The van der Waals surface area contributed by atoms with Gasteiger partial charge in [-0.05, 0) is 88.7 Å². The lowest BCUT2D eigenvalue weighted by Gasteiger charge is -2.36. The van der Waals surface area contributed by atoms with E-state index in [1.807, 2.05) is 12.1 Å². The number of nitrogens with zero attached hydrogens (tertiary/aromatic N) is 2. The zero-order valence-electron chi connectivity index (χ0n) is 15.5. The fourth-order valence-electron chi connectivity index (χ4n) is 4.59. The number of piperidine rings is 1. The predicted molar refractivity (Wildman–Crippen MR) is 102 cm³/mol. The van der Waals surface area contributed by atoms with Crippen LogP contribution in [0.5, 0.6) is 5.75 Å². The van der Waals surface area contributed by atoms with E-state index in [1.54, 1.807) is 16.4 Å². The van der Waals surface area contributed by atoms with Crippen LogP contribution in [0.25, 0.3) is 0 Å². The number of hydrogen-bond donors (Lipinski definition) is 0. The van der Waals surface area contributed by atoms with Gasteiger partial charge in [0, 0.05) is 19.1 Å². The molecule has 5 nitrogen and oxygen atoms in total. The number of benzene rings is 1. The van der Waals surface area contributed by atoms with E-state index < -0.39 is 10.0 Å². The molecule has 0 N–H and O–H groups in total. The number of likely N-dealkylation sites (tertiary alicyclic amines) is 1. The Bertz CT molecular complexity index is 684. The van der Waals surface area contributed by atoms with E-state index in [9.17, 15) is 8.42 Å². The summed E-state index contributed by atoms with van der Waals surface area (Å²) in [4.78, 5) is 2.93. The summed E-state index contributed by atoms with van der Waals surface area (Å²) in [5, 5.41) is 0. The summed E-state index contributed by atoms with van der Waals surface area (Å²) in [6.45, 7) is 3.62. The standard InChI is InChI=1S/C20H30N2O3S/c23-26(24,22-15-11-17(12-16-22)21-13-3-4-14-21)20-9-7-19(8-10-20)25-18-5-1-2-6-18/h7-10,17-18H,1-6,11-16H2. The van der Waals surface area contributed by atoms with Crippen LogP contribution in [0, 0.1) is 0 Å². The van der Waals surface area contributed by atoms with Crippen LogP contribution < -0.4 is 4.74 Å². The summed E-state index contributed by atoms with van der Waals surface area (Å²) in [6.07, 6.45) is 9.42. The second-order valence-electron chi connectivity index (χ2n) is 7.87. The minimum Gasteiger partial charge on any atom is -0.490 e. The molecule has 0 amide bonds. The molecule has 0 spiro atoms. The molecular formula is C20H30N2O3S. The fraction of sp³-hybridized carbons (Fsp3) is 0.700. The molecule has 2 saturated heterocycles. The summed E-state index contributed by atoms with van der Waals surface area (Å²) in [5.74, 6) is 0.781. The number of ether oxygens (including phenoxy) is 1. The first kappa shape index (κ1) is 18.3. The van der Waals surface area contributed by atoms with Crippen LogP contribution in [0.1, 0.15) is 51.4 Å². The van der Waals surface area contributed by atoms with Crippen molar-refractivity contribution in [3.63, 3.8) is 0 Å². The van der Waals surface area contributed by atoms with Gasteiger partial charge in [-0.15, -0.1) is 0 Å². The van der Waals surface area contributed by atoms with Crippen LogP contribution in [0.3, 0.4) is 0 Å². The number of rotatable bonds is 5. The van der Waals surface area contributed by atoms with Gasteiger partial charge in [0.05, 0.1) is 11.0 Å². The van der Waals surface area contributed by atoms with Crippen LogP contribution >= 0.6 is 0 Å². The number of hydrogen-bond acceptors (Lipinski definition) is 4. The van der Waals surface area contributed by atoms with Crippen LogP contribution in [-0.2, 0) is 10.0 Å². The van der Waals surface area contributed by atoms with Gasteiger partial charge >= 0.3 is 0 Å². The highest BCUT2D eigenvalue weighted by molar-refractivity contribution is 7.89. The van der Waals surface area contributed by atoms with E-state index in [4.69, 9.17) is 4.74 Å². The topological polar surface area (TPSA) is 49.9 Å². The molecule has 2 aliphatic heterocycles. The first-order valence-corrected chi connectivity index (χ1v) is 11.6. The van der Waals surface area contributed by atoms with E-state index in [2.05, 4.69) is 4.90 Å². The zero-order valence-corrected chi connectivity index (χ0v) is 16.3. The molecule has 1 aromatic rings. The molecule has 6 heteroatoms. The largest absolute Gasteiger partial charge is 0.490 e. The van der Waals surface area contributed by atoms with Crippen LogP contribution in [0.4, 0.5) is 0 Å². The Labute approximate surface area is 157 Å². The molecule has 0 radical (unpaired) electrons. The Hall–Kier alpha value is -1.11. The minimum atomic E-state index is -3.39. The van der Waals surface area contributed by atoms with Gasteiger partial charge in [-0.3, -0.25) is 0 Å². The quantitative estimate of drug-likeness (QED) is 0.789. The minimum absolute atomic E-state index is 0.294. The molecule has 0 aromatic heterocycles. The number of sulfonamides is 1. The summed E-state index contributed by atoms with van der Waals surface area (Å²) in [7, 11) is -3.39. The van der Waals surface area contributed by atoms with Crippen molar-refractivity contribution in [2.24, 2.45) is 0 Å². The summed E-state index contributed by atoms with van der Waals surface area (Å²) in [5.41, 5.74) is 0. The predicted octanol–water partition coefficient (Wildman–Crippen LogP) is 3.26. The van der Waals surface area contributed by atoms with Gasteiger partial charge in [0.2, 0.25) is 10.0 Å². The lowest BCUT2D eigenvalue weighted by atomic mass is 10.1. The van der Waals surface area contributed by atoms with E-state index in [0.717, 1.165) is 31.4 Å². The summed E-state index contributed by atoms with van der Waals surface area (Å²) in [6, 6.07) is 7.58. The van der Waals surface area contributed by atoms with Crippen molar-refractivity contribution in [1.82, 2.24) is 9.21 Å². The Morgan fingerprint density at radius 1 is 0.808 bits per heavy atom. The van der Waals surface area contributed by atoms with Crippen LogP contribution in [0.15, 0.2) is 29.2 Å². The third kappa shape index (κ3) is 3.92. The van der Waals surface area contributed by atoms with Crippen molar-refractivity contribution in [3.8, 4) is 5.75 Å². The van der Waals surface area contributed by atoms with Crippen molar-refractivity contribution in [2.45, 2.75) is 68.4 Å². The third-order valence-electron chi connectivity index (χ3n) is 6.15. The summed E-state index contributed by atoms with van der Waals surface area (Å²) >= 11 is 0. The first-order valence-electron chi connectivity index (χ1n) is 10.1. The van der Waals surface area contributed by atoms with E-state index in [-0.39, 0.29) is 0 Å².